The molecular formula is C54H38N2. The van der Waals surface area contributed by atoms with Gasteiger partial charge in [0.15, 0.2) is 0 Å². The summed E-state index contributed by atoms with van der Waals surface area (Å²) in [5.74, 6) is 0. The zero-order chi connectivity index (χ0) is 37.3. The van der Waals surface area contributed by atoms with E-state index >= 15 is 0 Å². The summed E-state index contributed by atoms with van der Waals surface area (Å²) in [5, 5.41) is 0. The van der Waals surface area contributed by atoms with Crippen LogP contribution in [0.1, 0.15) is 0 Å². The molecule has 0 radical (unpaired) electrons. The predicted molar refractivity (Wildman–Crippen MR) is 237 cm³/mol. The molecule has 0 aromatic heterocycles. The van der Waals surface area contributed by atoms with Gasteiger partial charge in [-0.15, -0.1) is 0 Å². The van der Waals surface area contributed by atoms with Gasteiger partial charge in [0.05, 0.1) is 11.4 Å². The third-order valence-corrected chi connectivity index (χ3v) is 10.8. The maximum Gasteiger partial charge on any atom is 0.0542 e. The van der Waals surface area contributed by atoms with Gasteiger partial charge in [-0.05, 0) is 105 Å². The Kier molecular flexibility index (Phi) is 8.55. The van der Waals surface area contributed by atoms with Crippen molar-refractivity contribution < 1.29 is 0 Å². The molecule has 0 N–H and O–H groups in total. The first-order valence-corrected chi connectivity index (χ1v) is 19.2. The Hall–Kier alpha value is -7.42. The van der Waals surface area contributed by atoms with Crippen LogP contribution in [0.15, 0.2) is 231 Å². The van der Waals surface area contributed by atoms with Crippen LogP contribution in [0.4, 0.5) is 34.1 Å². The molecule has 0 fully saturated rings. The fourth-order valence-electron chi connectivity index (χ4n) is 8.08. The number of fused-ring (bicyclic) bond motifs is 5. The van der Waals surface area contributed by atoms with Crippen molar-refractivity contribution in [3.05, 3.63) is 231 Å². The summed E-state index contributed by atoms with van der Waals surface area (Å²) in [6.45, 7) is 0. The van der Waals surface area contributed by atoms with Crippen LogP contribution in [0.25, 0.3) is 55.6 Å². The molecule has 9 aromatic carbocycles. The Labute approximate surface area is 328 Å². The number of para-hydroxylation sites is 2. The van der Waals surface area contributed by atoms with Crippen LogP contribution in [0.5, 0.6) is 0 Å². The number of hydrogen-bond donors (Lipinski definition) is 0. The minimum atomic E-state index is 1.09. The van der Waals surface area contributed by atoms with Gasteiger partial charge in [-0.2, -0.15) is 0 Å². The molecule has 0 amide bonds. The average Bonchev–Trinajstić information content (AvgIpc) is 3.40. The lowest BCUT2D eigenvalue weighted by atomic mass is 9.94. The normalized spacial score (nSPS) is 11.5. The molecule has 1 heterocycles. The summed E-state index contributed by atoms with van der Waals surface area (Å²) in [7, 11) is 0. The number of hydrogen-bond acceptors (Lipinski definition) is 2. The quantitative estimate of drug-likeness (QED) is 0.162. The van der Waals surface area contributed by atoms with E-state index < -0.39 is 0 Å². The van der Waals surface area contributed by atoms with Crippen LogP contribution in [-0.4, -0.2) is 0 Å². The molecular weight excluding hydrogens is 677 g/mol. The van der Waals surface area contributed by atoms with Crippen molar-refractivity contribution in [2.45, 2.75) is 0 Å². The lowest BCUT2D eigenvalue weighted by molar-refractivity contribution is 1.26. The van der Waals surface area contributed by atoms with Crippen molar-refractivity contribution in [3.63, 3.8) is 0 Å². The molecule has 56 heavy (non-hydrogen) atoms. The summed E-state index contributed by atoms with van der Waals surface area (Å²) in [6.07, 6.45) is 0. The zero-order valence-electron chi connectivity index (χ0n) is 30.8. The molecule has 264 valence electrons. The van der Waals surface area contributed by atoms with Crippen LogP contribution >= 0.6 is 0 Å². The van der Waals surface area contributed by atoms with Gasteiger partial charge < -0.3 is 9.80 Å². The van der Waals surface area contributed by atoms with E-state index in [1.165, 1.54) is 61.3 Å². The van der Waals surface area contributed by atoms with Crippen LogP contribution < -0.4 is 9.80 Å². The monoisotopic (exact) mass is 714 g/mol. The molecule has 0 bridgehead atoms. The SMILES string of the molecule is c1ccc(-c2ccc(-c3ccc(N(c4ccc(-c5ccccc5)cc4)c4ccc5c(c4)-c4ccccc4-c4ccccc4N5c4ccccc4)cc3)cc2)cc1. The first-order valence-electron chi connectivity index (χ1n) is 19.2. The zero-order valence-corrected chi connectivity index (χ0v) is 30.8. The Balaban J connectivity index is 1.11. The second kappa shape index (κ2) is 14.4. The summed E-state index contributed by atoms with van der Waals surface area (Å²) in [4.78, 5) is 4.79. The van der Waals surface area contributed by atoms with Gasteiger partial charge in [-0.25, -0.2) is 0 Å². The Bertz CT molecular complexity index is 2760. The van der Waals surface area contributed by atoms with Gasteiger partial charge in [-0.1, -0.05) is 170 Å². The average molecular weight is 715 g/mol. The topological polar surface area (TPSA) is 6.48 Å². The minimum absolute atomic E-state index is 1.09. The number of benzene rings is 9. The lowest BCUT2D eigenvalue weighted by Gasteiger charge is -2.30. The maximum atomic E-state index is 2.41. The predicted octanol–water partition coefficient (Wildman–Crippen LogP) is 15.3. The second-order valence-electron chi connectivity index (χ2n) is 14.2. The largest absolute Gasteiger partial charge is 0.310 e. The van der Waals surface area contributed by atoms with Crippen LogP contribution in [0.3, 0.4) is 0 Å². The molecule has 2 heteroatoms. The molecule has 2 nitrogen and oxygen atoms in total. The van der Waals surface area contributed by atoms with E-state index in [0.29, 0.717) is 0 Å². The van der Waals surface area contributed by atoms with Crippen molar-refractivity contribution >= 4 is 34.1 Å². The van der Waals surface area contributed by atoms with E-state index in [-0.39, 0.29) is 0 Å². The van der Waals surface area contributed by atoms with Crippen LogP contribution in [0.2, 0.25) is 0 Å². The molecule has 0 saturated carbocycles. The smallest absolute Gasteiger partial charge is 0.0542 e. The number of rotatable bonds is 7. The molecule has 1 aliphatic heterocycles. The Morgan fingerprint density at radius 2 is 0.607 bits per heavy atom. The molecule has 0 saturated heterocycles. The highest BCUT2D eigenvalue weighted by Gasteiger charge is 2.27. The van der Waals surface area contributed by atoms with Crippen molar-refractivity contribution in [2.24, 2.45) is 0 Å². The maximum absolute atomic E-state index is 2.41. The summed E-state index contributed by atoms with van der Waals surface area (Å²) < 4.78 is 0. The minimum Gasteiger partial charge on any atom is -0.310 e. The number of nitrogens with zero attached hydrogens (tertiary/aromatic N) is 2. The highest BCUT2D eigenvalue weighted by molar-refractivity contribution is 6.03. The van der Waals surface area contributed by atoms with Crippen molar-refractivity contribution in [1.82, 2.24) is 0 Å². The number of anilines is 6. The van der Waals surface area contributed by atoms with Crippen molar-refractivity contribution in [1.29, 1.82) is 0 Å². The molecule has 0 atom stereocenters. The van der Waals surface area contributed by atoms with Gasteiger partial charge >= 0.3 is 0 Å². The fraction of sp³-hybridized carbons (Fsp3) is 0. The summed E-state index contributed by atoms with van der Waals surface area (Å²) in [6, 6.07) is 83.1. The van der Waals surface area contributed by atoms with Crippen LogP contribution in [-0.2, 0) is 0 Å². The van der Waals surface area contributed by atoms with E-state index in [9.17, 15) is 0 Å². The lowest BCUT2D eigenvalue weighted by Crippen LogP contribution is -2.13. The van der Waals surface area contributed by atoms with E-state index in [1.54, 1.807) is 0 Å². The standard InChI is InChI=1S/C54H38N2/c1-4-14-39(15-5-1)41-24-26-42(27-25-41)44-30-34-47(35-31-44)55(46-32-28-43(29-33-46)40-16-6-2-7-17-40)48-36-37-54-52(38-48)50-21-11-10-20-49(50)51-22-12-13-23-53(51)56(54)45-18-8-3-9-19-45/h1-38H. The second-order valence-corrected chi connectivity index (χ2v) is 14.2. The van der Waals surface area contributed by atoms with Crippen molar-refractivity contribution in [2.75, 3.05) is 9.80 Å². The van der Waals surface area contributed by atoms with E-state index in [4.69, 9.17) is 0 Å². The third-order valence-electron chi connectivity index (χ3n) is 10.8. The Morgan fingerprint density at radius 3 is 1.12 bits per heavy atom. The highest BCUT2D eigenvalue weighted by Crippen LogP contribution is 2.52. The van der Waals surface area contributed by atoms with E-state index in [2.05, 4.69) is 240 Å². The van der Waals surface area contributed by atoms with Gasteiger partial charge in [-0.3, -0.25) is 0 Å². The molecule has 10 rings (SSSR count). The van der Waals surface area contributed by atoms with E-state index in [1.807, 2.05) is 0 Å². The molecule has 0 aliphatic carbocycles. The Morgan fingerprint density at radius 1 is 0.250 bits per heavy atom. The van der Waals surface area contributed by atoms with Gasteiger partial charge in [0.1, 0.15) is 0 Å². The first kappa shape index (κ1) is 33.2. The van der Waals surface area contributed by atoms with Gasteiger partial charge in [0.2, 0.25) is 0 Å². The highest BCUT2D eigenvalue weighted by atomic mass is 15.2. The molecule has 0 unspecified atom stereocenters. The summed E-state index contributed by atoms with van der Waals surface area (Å²) >= 11 is 0. The van der Waals surface area contributed by atoms with Gasteiger partial charge in [0.25, 0.3) is 0 Å². The van der Waals surface area contributed by atoms with E-state index in [0.717, 1.165) is 28.4 Å². The van der Waals surface area contributed by atoms with Crippen LogP contribution in [0, 0.1) is 0 Å². The molecule has 0 spiro atoms. The molecule has 9 aromatic rings. The fourth-order valence-corrected chi connectivity index (χ4v) is 8.08. The summed E-state index contributed by atoms with van der Waals surface area (Å²) in [5.41, 5.74) is 18.7. The first-order chi connectivity index (χ1) is 27.8. The van der Waals surface area contributed by atoms with Gasteiger partial charge in [0, 0.05) is 33.9 Å². The van der Waals surface area contributed by atoms with Crippen molar-refractivity contribution in [3.8, 4) is 55.6 Å². The third kappa shape index (κ3) is 6.14. The molecule has 1 aliphatic rings.